The molecule has 10 heteroatoms. The number of nitriles is 1. The molecular weight excluding hydrogens is 532 g/mol. The molecule has 1 fully saturated rings. The topological polar surface area (TPSA) is 116 Å². The molecule has 39 heavy (non-hydrogen) atoms. The number of fused-ring (bicyclic) bond motifs is 1. The maximum atomic E-state index is 12.9. The highest BCUT2D eigenvalue weighted by atomic mass is 32.2. The average Bonchev–Trinajstić information content (AvgIpc) is 3.56. The van der Waals surface area contributed by atoms with E-state index in [1.54, 1.807) is 11.3 Å². The van der Waals surface area contributed by atoms with E-state index in [1.165, 1.54) is 0 Å². The highest BCUT2D eigenvalue weighted by Crippen LogP contribution is 2.41. The van der Waals surface area contributed by atoms with Crippen molar-refractivity contribution in [3.8, 4) is 32.8 Å². The summed E-state index contributed by atoms with van der Waals surface area (Å²) in [6, 6.07) is 13.6. The van der Waals surface area contributed by atoms with Gasteiger partial charge in [0.15, 0.2) is 0 Å². The van der Waals surface area contributed by atoms with Crippen LogP contribution >= 0.6 is 11.3 Å². The van der Waals surface area contributed by atoms with Gasteiger partial charge in [-0.2, -0.15) is 5.26 Å². The number of benzene rings is 2. The van der Waals surface area contributed by atoms with Gasteiger partial charge in [0.2, 0.25) is 10.0 Å². The fraction of sp³-hybridized carbons (Fsp3) is 0.448. The zero-order valence-corrected chi connectivity index (χ0v) is 23.9. The molecule has 0 amide bonds. The zero-order chi connectivity index (χ0) is 27.6. The molecule has 2 N–H and O–H groups in total. The smallest absolute Gasteiger partial charge is 0.213 e. The first-order valence-electron chi connectivity index (χ1n) is 13.4. The predicted molar refractivity (Wildman–Crippen MR) is 153 cm³/mol. The lowest BCUT2D eigenvalue weighted by atomic mass is 10.0. The second kappa shape index (κ2) is 11.7. The van der Waals surface area contributed by atoms with Crippen LogP contribution in [0.5, 0.6) is 5.75 Å². The van der Waals surface area contributed by atoms with Crippen LogP contribution in [0.15, 0.2) is 42.6 Å². The summed E-state index contributed by atoms with van der Waals surface area (Å²) in [4.78, 5) is 7.76. The molecule has 1 saturated heterocycles. The number of ether oxygens (including phenoxy) is 1. The van der Waals surface area contributed by atoms with Crippen LogP contribution in [0, 0.1) is 11.3 Å². The summed E-state index contributed by atoms with van der Waals surface area (Å²) in [6.07, 6.45) is 4.47. The van der Waals surface area contributed by atoms with Gasteiger partial charge >= 0.3 is 0 Å². The zero-order valence-electron chi connectivity index (χ0n) is 22.3. The molecule has 0 radical (unpaired) electrons. The first-order chi connectivity index (χ1) is 18.7. The van der Waals surface area contributed by atoms with Crippen molar-refractivity contribution >= 4 is 21.4 Å². The fourth-order valence-electron chi connectivity index (χ4n) is 5.31. The summed E-state index contributed by atoms with van der Waals surface area (Å²) >= 11 is 1.56. The SMILES string of the molecule is CC(C)Oc1ccc(-c2ncc(-c3cccc4c3CC[C@H]4NS(=O)(=O)CCN3CCC(O)CC3)s2)cc1C#N. The molecule has 0 saturated carbocycles. The predicted octanol–water partition coefficient (Wildman–Crippen LogP) is 4.50. The molecule has 8 nitrogen and oxygen atoms in total. The minimum absolute atomic E-state index is 0.0208. The molecule has 2 aliphatic rings. The summed E-state index contributed by atoms with van der Waals surface area (Å²) in [5.41, 5.74) is 4.59. The van der Waals surface area contributed by atoms with Crippen molar-refractivity contribution in [2.45, 2.75) is 57.8 Å². The van der Waals surface area contributed by atoms with Crippen molar-refractivity contribution in [3.05, 3.63) is 59.3 Å². The third kappa shape index (κ3) is 6.51. The third-order valence-electron chi connectivity index (χ3n) is 7.31. The lowest BCUT2D eigenvalue weighted by Gasteiger charge is -2.29. The number of hydrogen-bond donors (Lipinski definition) is 2. The fourth-order valence-corrected chi connectivity index (χ4v) is 7.57. The number of piperidine rings is 1. The highest BCUT2D eigenvalue weighted by Gasteiger charge is 2.29. The van der Waals surface area contributed by atoms with Crippen molar-refractivity contribution in [3.63, 3.8) is 0 Å². The number of likely N-dealkylation sites (tertiary alicyclic amines) is 1. The van der Waals surface area contributed by atoms with Gasteiger partial charge in [0, 0.05) is 37.4 Å². The molecule has 0 bridgehead atoms. The molecule has 0 unspecified atom stereocenters. The minimum atomic E-state index is -3.45. The van der Waals surface area contributed by atoms with Gasteiger partial charge in [0.05, 0.1) is 28.4 Å². The number of thiazole rings is 1. The van der Waals surface area contributed by atoms with Gasteiger partial charge in [-0.05, 0) is 74.4 Å². The molecule has 1 aliphatic heterocycles. The Kier molecular flexibility index (Phi) is 8.35. The number of aliphatic hydroxyl groups is 1. The Morgan fingerprint density at radius 2 is 2.03 bits per heavy atom. The Bertz CT molecular complexity index is 1470. The van der Waals surface area contributed by atoms with E-state index < -0.39 is 10.0 Å². The van der Waals surface area contributed by atoms with Crippen LogP contribution < -0.4 is 9.46 Å². The molecular formula is C29H34N4O4S2. The van der Waals surface area contributed by atoms with Crippen molar-refractivity contribution in [2.24, 2.45) is 0 Å². The van der Waals surface area contributed by atoms with Crippen molar-refractivity contribution in [1.82, 2.24) is 14.6 Å². The summed E-state index contributed by atoms with van der Waals surface area (Å²) < 4.78 is 34.5. The quantitative estimate of drug-likeness (QED) is 0.392. The molecule has 206 valence electrons. The molecule has 5 rings (SSSR count). The number of nitrogens with one attached hydrogen (secondary N) is 1. The number of rotatable bonds is 9. The lowest BCUT2D eigenvalue weighted by Crippen LogP contribution is -2.40. The molecule has 3 aromatic rings. The van der Waals surface area contributed by atoms with Crippen molar-refractivity contribution < 1.29 is 18.3 Å². The van der Waals surface area contributed by atoms with Gasteiger partial charge < -0.3 is 14.7 Å². The van der Waals surface area contributed by atoms with Crippen LogP contribution in [0.4, 0.5) is 0 Å². The molecule has 1 aromatic heterocycles. The normalized spacial score (nSPS) is 18.3. The maximum Gasteiger partial charge on any atom is 0.213 e. The average molecular weight is 567 g/mol. The summed E-state index contributed by atoms with van der Waals surface area (Å²) in [5.74, 6) is 0.621. The van der Waals surface area contributed by atoms with Gasteiger partial charge in [-0.1, -0.05) is 18.2 Å². The van der Waals surface area contributed by atoms with E-state index in [-0.39, 0.29) is 24.0 Å². The number of aliphatic hydroxyl groups excluding tert-OH is 1. The molecule has 2 heterocycles. The summed E-state index contributed by atoms with van der Waals surface area (Å²) in [6.45, 7) is 5.80. The molecule has 1 aliphatic carbocycles. The van der Waals surface area contributed by atoms with Gasteiger partial charge in [-0.3, -0.25) is 0 Å². The third-order valence-corrected chi connectivity index (χ3v) is 9.75. The van der Waals surface area contributed by atoms with E-state index in [1.807, 2.05) is 50.4 Å². The van der Waals surface area contributed by atoms with Crippen LogP contribution in [-0.4, -0.2) is 61.0 Å². The van der Waals surface area contributed by atoms with E-state index in [9.17, 15) is 18.8 Å². The Hall–Kier alpha value is -2.81. The monoisotopic (exact) mass is 566 g/mol. The van der Waals surface area contributed by atoms with E-state index in [0.717, 1.165) is 58.1 Å². The lowest BCUT2D eigenvalue weighted by molar-refractivity contribution is 0.0855. The Labute approximate surface area is 234 Å². The number of nitrogens with zero attached hydrogens (tertiary/aromatic N) is 3. The van der Waals surface area contributed by atoms with Crippen molar-refractivity contribution in [1.29, 1.82) is 5.26 Å². The van der Waals surface area contributed by atoms with Crippen molar-refractivity contribution in [2.75, 3.05) is 25.4 Å². The van der Waals surface area contributed by atoms with E-state index in [4.69, 9.17) is 4.74 Å². The maximum absolute atomic E-state index is 12.9. The number of hydrogen-bond acceptors (Lipinski definition) is 8. The van der Waals surface area contributed by atoms with Crippen LogP contribution in [0.3, 0.4) is 0 Å². The highest BCUT2D eigenvalue weighted by molar-refractivity contribution is 7.89. The minimum Gasteiger partial charge on any atom is -0.490 e. The number of aromatic nitrogens is 1. The molecule has 2 aromatic carbocycles. The van der Waals surface area contributed by atoms with Crippen LogP contribution in [0.2, 0.25) is 0 Å². The van der Waals surface area contributed by atoms with E-state index in [0.29, 0.717) is 30.7 Å². The van der Waals surface area contributed by atoms with Crippen LogP contribution in [0.1, 0.15) is 55.8 Å². The Morgan fingerprint density at radius 3 is 2.77 bits per heavy atom. The summed E-state index contributed by atoms with van der Waals surface area (Å²) in [5, 5.41) is 20.1. The second-order valence-corrected chi connectivity index (χ2v) is 13.4. The van der Waals surface area contributed by atoms with Crippen LogP contribution in [0.25, 0.3) is 21.0 Å². The second-order valence-electron chi connectivity index (χ2n) is 10.5. The summed E-state index contributed by atoms with van der Waals surface area (Å²) in [7, 11) is -3.45. The Morgan fingerprint density at radius 1 is 1.23 bits per heavy atom. The first-order valence-corrected chi connectivity index (χ1v) is 15.9. The van der Waals surface area contributed by atoms with Gasteiger partial charge in [0.1, 0.15) is 16.8 Å². The van der Waals surface area contributed by atoms with E-state index in [2.05, 4.69) is 26.7 Å². The van der Waals surface area contributed by atoms with Gasteiger partial charge in [-0.25, -0.2) is 18.1 Å². The van der Waals surface area contributed by atoms with Gasteiger partial charge in [0.25, 0.3) is 0 Å². The Balaban J connectivity index is 1.30. The molecule has 1 atom stereocenters. The first kappa shape index (κ1) is 27.7. The number of sulfonamides is 1. The van der Waals surface area contributed by atoms with Gasteiger partial charge in [-0.15, -0.1) is 11.3 Å². The standard InChI is InChI=1S/C29H34N4O4S2/c1-19(2)37-27-9-6-20(16-21(27)17-30)29-31-18-28(38-29)25-5-3-4-24-23(25)7-8-26(24)32-39(35,36)15-14-33-12-10-22(34)11-13-33/h3-6,9,16,18-19,22,26,32,34H,7-8,10-15H2,1-2H3/t26-/m1/s1. The molecule has 0 spiro atoms. The largest absolute Gasteiger partial charge is 0.490 e. The van der Waals surface area contributed by atoms with E-state index >= 15 is 0 Å². The van der Waals surface area contributed by atoms with Crippen LogP contribution in [-0.2, 0) is 16.4 Å².